The van der Waals surface area contributed by atoms with Crippen molar-refractivity contribution in [1.82, 2.24) is 0 Å². The maximum atomic E-state index is 10.4. The van der Waals surface area contributed by atoms with E-state index in [9.17, 15) is 4.79 Å². The fourth-order valence-corrected chi connectivity index (χ4v) is 1.65. The predicted octanol–water partition coefficient (Wildman–Crippen LogP) is 2.15. The Morgan fingerprint density at radius 2 is 2.07 bits per heavy atom. The summed E-state index contributed by atoms with van der Waals surface area (Å²) in [5.74, 6) is 1.82. The molecule has 0 saturated carbocycles. The molecule has 15 heavy (non-hydrogen) atoms. The van der Waals surface area contributed by atoms with E-state index in [0.717, 1.165) is 23.3 Å². The van der Waals surface area contributed by atoms with Crippen molar-refractivity contribution in [3.8, 4) is 11.5 Å². The van der Waals surface area contributed by atoms with E-state index in [4.69, 9.17) is 9.47 Å². The Bertz CT molecular complexity index is 360. The number of rotatable bonds is 3. The number of aldehydes is 1. The number of ether oxygens (including phenoxy) is 2. The summed E-state index contributed by atoms with van der Waals surface area (Å²) < 4.78 is 10.9. The molecular formula is C12H14O3. The first-order valence-electron chi connectivity index (χ1n) is 5.14. The van der Waals surface area contributed by atoms with Gasteiger partial charge in [0.2, 0.25) is 0 Å². The molecule has 0 spiro atoms. The second kappa shape index (κ2) is 4.34. The van der Waals surface area contributed by atoms with Crippen molar-refractivity contribution >= 4 is 6.29 Å². The van der Waals surface area contributed by atoms with Crippen LogP contribution >= 0.6 is 0 Å². The van der Waals surface area contributed by atoms with Crippen molar-refractivity contribution in [1.29, 1.82) is 0 Å². The largest absolute Gasteiger partial charge is 0.486 e. The van der Waals surface area contributed by atoms with Gasteiger partial charge in [-0.1, -0.05) is 13.0 Å². The second-order valence-electron chi connectivity index (χ2n) is 3.71. The summed E-state index contributed by atoms with van der Waals surface area (Å²) in [6.07, 6.45) is 1.49. The van der Waals surface area contributed by atoms with E-state index in [0.29, 0.717) is 19.6 Å². The molecule has 0 saturated heterocycles. The molecule has 0 radical (unpaired) electrons. The molecule has 0 fully saturated rings. The van der Waals surface area contributed by atoms with Gasteiger partial charge in [0.15, 0.2) is 11.5 Å². The third-order valence-corrected chi connectivity index (χ3v) is 2.59. The first-order valence-corrected chi connectivity index (χ1v) is 5.14. The zero-order valence-electron chi connectivity index (χ0n) is 8.73. The van der Waals surface area contributed by atoms with Gasteiger partial charge in [-0.15, -0.1) is 0 Å². The fraction of sp³-hybridized carbons (Fsp3) is 0.417. The normalized spacial score (nSPS) is 15.8. The SMILES string of the molecule is CC(CC=O)c1ccc2c(c1)OCCO2. The number of benzene rings is 1. The first-order chi connectivity index (χ1) is 7.31. The van der Waals surface area contributed by atoms with Gasteiger partial charge in [-0.05, 0) is 23.6 Å². The van der Waals surface area contributed by atoms with Gasteiger partial charge in [-0.2, -0.15) is 0 Å². The van der Waals surface area contributed by atoms with Crippen molar-refractivity contribution in [3.63, 3.8) is 0 Å². The van der Waals surface area contributed by atoms with E-state index >= 15 is 0 Å². The average molecular weight is 206 g/mol. The molecule has 2 rings (SSSR count). The lowest BCUT2D eigenvalue weighted by atomic mass is 9.98. The maximum Gasteiger partial charge on any atom is 0.161 e. The Labute approximate surface area is 89.0 Å². The van der Waals surface area contributed by atoms with Crippen LogP contribution in [0.2, 0.25) is 0 Å². The van der Waals surface area contributed by atoms with Crippen LogP contribution in [0.4, 0.5) is 0 Å². The van der Waals surface area contributed by atoms with Gasteiger partial charge < -0.3 is 14.3 Å². The Hall–Kier alpha value is -1.51. The molecule has 1 aliphatic heterocycles. The number of hydrogen-bond acceptors (Lipinski definition) is 3. The van der Waals surface area contributed by atoms with Crippen molar-refractivity contribution in [2.75, 3.05) is 13.2 Å². The van der Waals surface area contributed by atoms with Gasteiger partial charge in [0.1, 0.15) is 19.5 Å². The molecule has 1 aromatic carbocycles. The van der Waals surface area contributed by atoms with Crippen molar-refractivity contribution in [2.45, 2.75) is 19.3 Å². The van der Waals surface area contributed by atoms with Gasteiger partial charge >= 0.3 is 0 Å². The number of carbonyl (C=O) groups excluding carboxylic acids is 1. The highest BCUT2D eigenvalue weighted by Crippen LogP contribution is 2.33. The molecule has 1 atom stereocenters. The van der Waals surface area contributed by atoms with Crippen LogP contribution in [-0.4, -0.2) is 19.5 Å². The molecule has 1 heterocycles. The average Bonchev–Trinajstić information content (AvgIpc) is 2.29. The standard InChI is InChI=1S/C12H14O3/c1-9(4-5-13)10-2-3-11-12(8-10)15-7-6-14-11/h2-3,5,8-9H,4,6-7H2,1H3. The Balaban J connectivity index is 2.23. The van der Waals surface area contributed by atoms with E-state index in [1.54, 1.807) is 0 Å². The highest BCUT2D eigenvalue weighted by molar-refractivity contribution is 5.52. The van der Waals surface area contributed by atoms with Crippen molar-refractivity contribution in [2.24, 2.45) is 0 Å². The van der Waals surface area contributed by atoms with Gasteiger partial charge in [-0.3, -0.25) is 0 Å². The van der Waals surface area contributed by atoms with Crippen LogP contribution in [-0.2, 0) is 4.79 Å². The van der Waals surface area contributed by atoms with E-state index < -0.39 is 0 Å². The molecule has 0 bridgehead atoms. The minimum atomic E-state index is 0.235. The molecule has 0 aromatic heterocycles. The molecule has 3 heteroatoms. The summed E-state index contributed by atoms with van der Waals surface area (Å²) in [6.45, 7) is 3.23. The molecule has 0 N–H and O–H groups in total. The topological polar surface area (TPSA) is 35.5 Å². The molecule has 1 aliphatic rings. The van der Waals surface area contributed by atoms with Crippen LogP contribution < -0.4 is 9.47 Å². The lowest BCUT2D eigenvalue weighted by Gasteiger charge is -2.20. The summed E-state index contributed by atoms with van der Waals surface area (Å²) >= 11 is 0. The highest BCUT2D eigenvalue weighted by Gasteiger charge is 2.13. The monoisotopic (exact) mass is 206 g/mol. The Kier molecular flexibility index (Phi) is 2.90. The molecule has 0 aliphatic carbocycles. The lowest BCUT2D eigenvalue weighted by molar-refractivity contribution is -0.108. The predicted molar refractivity (Wildman–Crippen MR) is 56.5 cm³/mol. The smallest absolute Gasteiger partial charge is 0.161 e. The molecule has 1 aromatic rings. The van der Waals surface area contributed by atoms with Crippen molar-refractivity contribution < 1.29 is 14.3 Å². The van der Waals surface area contributed by atoms with Gasteiger partial charge in [0, 0.05) is 6.42 Å². The maximum absolute atomic E-state index is 10.4. The van der Waals surface area contributed by atoms with Gasteiger partial charge in [0.25, 0.3) is 0 Å². The van der Waals surface area contributed by atoms with Crippen LogP contribution in [0.1, 0.15) is 24.8 Å². The van der Waals surface area contributed by atoms with Crippen LogP contribution in [0.25, 0.3) is 0 Å². The lowest BCUT2D eigenvalue weighted by Crippen LogP contribution is -2.15. The molecule has 80 valence electrons. The van der Waals surface area contributed by atoms with Crippen LogP contribution in [0.3, 0.4) is 0 Å². The second-order valence-corrected chi connectivity index (χ2v) is 3.71. The third-order valence-electron chi connectivity index (χ3n) is 2.59. The first kappa shape index (κ1) is 10.0. The third kappa shape index (κ3) is 2.12. The van der Waals surface area contributed by atoms with E-state index in [-0.39, 0.29) is 5.92 Å². The minimum Gasteiger partial charge on any atom is -0.486 e. The molecule has 1 unspecified atom stereocenters. The highest BCUT2D eigenvalue weighted by atomic mass is 16.6. The van der Waals surface area contributed by atoms with Gasteiger partial charge in [-0.25, -0.2) is 0 Å². The molecule has 3 nitrogen and oxygen atoms in total. The summed E-state index contributed by atoms with van der Waals surface area (Å²) in [5, 5.41) is 0. The summed E-state index contributed by atoms with van der Waals surface area (Å²) in [6, 6.07) is 5.86. The summed E-state index contributed by atoms with van der Waals surface area (Å²) in [7, 11) is 0. The van der Waals surface area contributed by atoms with E-state index in [1.807, 2.05) is 25.1 Å². The minimum absolute atomic E-state index is 0.235. The van der Waals surface area contributed by atoms with Crippen molar-refractivity contribution in [3.05, 3.63) is 23.8 Å². The van der Waals surface area contributed by atoms with Crippen LogP contribution in [0.5, 0.6) is 11.5 Å². The number of fused-ring (bicyclic) bond motifs is 1. The fourth-order valence-electron chi connectivity index (χ4n) is 1.65. The zero-order valence-corrected chi connectivity index (χ0v) is 8.73. The zero-order chi connectivity index (χ0) is 10.7. The van der Waals surface area contributed by atoms with Crippen LogP contribution in [0.15, 0.2) is 18.2 Å². The molecule has 0 amide bonds. The number of hydrogen-bond donors (Lipinski definition) is 0. The van der Waals surface area contributed by atoms with E-state index in [2.05, 4.69) is 0 Å². The number of carbonyl (C=O) groups is 1. The Morgan fingerprint density at radius 1 is 1.33 bits per heavy atom. The quantitative estimate of drug-likeness (QED) is 0.711. The molecular weight excluding hydrogens is 192 g/mol. The summed E-state index contributed by atoms with van der Waals surface area (Å²) in [5.41, 5.74) is 1.12. The van der Waals surface area contributed by atoms with E-state index in [1.165, 1.54) is 0 Å². The van der Waals surface area contributed by atoms with Crippen LogP contribution in [0, 0.1) is 0 Å². The Morgan fingerprint density at radius 3 is 2.80 bits per heavy atom. The van der Waals surface area contributed by atoms with Gasteiger partial charge in [0.05, 0.1) is 0 Å². The summed E-state index contributed by atoms with van der Waals surface area (Å²) in [4.78, 5) is 10.4.